The highest BCUT2D eigenvalue weighted by Crippen LogP contribution is 2.23. The molecule has 0 amide bonds. The summed E-state index contributed by atoms with van der Waals surface area (Å²) in [7, 11) is 1.46. The van der Waals surface area contributed by atoms with Crippen LogP contribution in [-0.4, -0.2) is 39.3 Å². The Hall–Kier alpha value is -1.63. The Morgan fingerprint density at radius 1 is 1.40 bits per heavy atom. The Bertz CT molecular complexity index is 353. The first-order valence-electron chi connectivity index (χ1n) is 4.67. The Morgan fingerprint density at radius 2 is 2.13 bits per heavy atom. The molecule has 0 aromatic carbocycles. The minimum atomic E-state index is -0.219. The van der Waals surface area contributed by atoms with Gasteiger partial charge in [0.15, 0.2) is 0 Å². The predicted octanol–water partition coefficient (Wildman–Crippen LogP) is -0.602. The number of aromatic nitrogens is 3. The zero-order chi connectivity index (χ0) is 10.8. The number of aliphatic hydroxyl groups excluding tert-OH is 1. The van der Waals surface area contributed by atoms with E-state index in [4.69, 9.17) is 15.6 Å². The summed E-state index contributed by atoms with van der Waals surface area (Å²) < 4.78 is 4.86. The first kappa shape index (κ1) is 9.91. The molecule has 2 rings (SSSR count). The maximum Gasteiger partial charge on any atom is 0.322 e. The largest absolute Gasteiger partial charge is 0.467 e. The van der Waals surface area contributed by atoms with Gasteiger partial charge in [-0.3, -0.25) is 0 Å². The molecule has 1 heterocycles. The van der Waals surface area contributed by atoms with Crippen molar-refractivity contribution in [2.45, 2.75) is 25.0 Å². The number of nitrogens with two attached hydrogens (primary N) is 1. The van der Waals surface area contributed by atoms with E-state index < -0.39 is 0 Å². The summed E-state index contributed by atoms with van der Waals surface area (Å²) in [6, 6.07) is 0.386. The third-order valence-electron chi connectivity index (χ3n) is 2.26. The van der Waals surface area contributed by atoms with E-state index in [1.807, 2.05) is 0 Å². The Labute approximate surface area is 86.7 Å². The number of ether oxygens (including phenoxy) is 1. The molecule has 1 aliphatic carbocycles. The summed E-state index contributed by atoms with van der Waals surface area (Å²) in [5, 5.41) is 12.2. The standard InChI is InChI=1S/C8H13N5O2/c1-15-8-12-6(9)11-7(13-8)10-4-2-5(14)3-4/h4-5,14H,2-3H2,1H3,(H3,9,10,11,12,13). The van der Waals surface area contributed by atoms with Gasteiger partial charge < -0.3 is 20.9 Å². The van der Waals surface area contributed by atoms with Gasteiger partial charge in [-0.15, -0.1) is 0 Å². The summed E-state index contributed by atoms with van der Waals surface area (Å²) in [6.07, 6.45) is 1.19. The molecule has 0 saturated heterocycles. The van der Waals surface area contributed by atoms with Crippen molar-refractivity contribution in [3.8, 4) is 6.01 Å². The molecule has 15 heavy (non-hydrogen) atoms. The molecule has 1 aromatic heterocycles. The van der Waals surface area contributed by atoms with Crippen LogP contribution in [0.3, 0.4) is 0 Å². The third-order valence-corrected chi connectivity index (χ3v) is 2.26. The number of hydrogen-bond donors (Lipinski definition) is 3. The number of nitrogens with one attached hydrogen (secondary N) is 1. The van der Waals surface area contributed by atoms with Crippen molar-refractivity contribution in [2.24, 2.45) is 0 Å². The number of hydrogen-bond acceptors (Lipinski definition) is 7. The molecule has 1 saturated carbocycles. The maximum atomic E-state index is 9.11. The van der Waals surface area contributed by atoms with E-state index in [-0.39, 0.29) is 24.1 Å². The summed E-state index contributed by atoms with van der Waals surface area (Å²) in [5.74, 6) is 0.500. The van der Waals surface area contributed by atoms with Crippen LogP contribution in [0.1, 0.15) is 12.8 Å². The van der Waals surface area contributed by atoms with Crippen LogP contribution < -0.4 is 15.8 Å². The minimum Gasteiger partial charge on any atom is -0.467 e. The molecule has 1 fully saturated rings. The molecular weight excluding hydrogens is 198 g/mol. The lowest BCUT2D eigenvalue weighted by molar-refractivity contribution is 0.0834. The van der Waals surface area contributed by atoms with Crippen LogP contribution in [0.2, 0.25) is 0 Å². The fourth-order valence-corrected chi connectivity index (χ4v) is 1.42. The van der Waals surface area contributed by atoms with Crippen molar-refractivity contribution in [3.63, 3.8) is 0 Å². The number of nitrogen functional groups attached to an aromatic ring is 1. The average Bonchev–Trinajstić information content (AvgIpc) is 2.14. The molecule has 4 N–H and O–H groups in total. The highest BCUT2D eigenvalue weighted by atomic mass is 16.5. The summed E-state index contributed by atoms with van der Waals surface area (Å²) in [4.78, 5) is 11.7. The average molecular weight is 211 g/mol. The van der Waals surface area contributed by atoms with Crippen LogP contribution in [0.4, 0.5) is 11.9 Å². The predicted molar refractivity (Wildman–Crippen MR) is 53.4 cm³/mol. The maximum absolute atomic E-state index is 9.11. The lowest BCUT2D eigenvalue weighted by Crippen LogP contribution is -2.39. The number of aliphatic hydroxyl groups is 1. The summed E-state index contributed by atoms with van der Waals surface area (Å²) >= 11 is 0. The highest BCUT2D eigenvalue weighted by molar-refractivity contribution is 5.34. The lowest BCUT2D eigenvalue weighted by Gasteiger charge is -2.31. The van der Waals surface area contributed by atoms with Crippen molar-refractivity contribution >= 4 is 11.9 Å². The Kier molecular flexibility index (Phi) is 2.55. The summed E-state index contributed by atoms with van der Waals surface area (Å²) in [6.45, 7) is 0. The van der Waals surface area contributed by atoms with Crippen molar-refractivity contribution in [3.05, 3.63) is 0 Å². The van der Waals surface area contributed by atoms with Gasteiger partial charge in [-0.25, -0.2) is 0 Å². The van der Waals surface area contributed by atoms with E-state index in [0.717, 1.165) is 0 Å². The monoisotopic (exact) mass is 211 g/mol. The molecule has 0 unspecified atom stereocenters. The van der Waals surface area contributed by atoms with Crippen LogP contribution >= 0.6 is 0 Å². The van der Waals surface area contributed by atoms with E-state index in [0.29, 0.717) is 18.8 Å². The molecule has 1 aliphatic rings. The topological polar surface area (TPSA) is 106 Å². The van der Waals surface area contributed by atoms with Crippen LogP contribution in [0, 0.1) is 0 Å². The van der Waals surface area contributed by atoms with Gasteiger partial charge in [0.2, 0.25) is 11.9 Å². The van der Waals surface area contributed by atoms with Gasteiger partial charge in [0.1, 0.15) is 0 Å². The molecule has 1 aromatic rings. The van der Waals surface area contributed by atoms with E-state index in [9.17, 15) is 0 Å². The first-order chi connectivity index (χ1) is 7.17. The van der Waals surface area contributed by atoms with Gasteiger partial charge in [-0.2, -0.15) is 15.0 Å². The Balaban J connectivity index is 2.04. The first-order valence-corrected chi connectivity index (χ1v) is 4.67. The molecule has 0 bridgehead atoms. The molecule has 7 heteroatoms. The molecule has 0 atom stereocenters. The van der Waals surface area contributed by atoms with E-state index in [1.54, 1.807) is 0 Å². The zero-order valence-corrected chi connectivity index (χ0v) is 8.34. The number of anilines is 2. The van der Waals surface area contributed by atoms with Crippen LogP contribution in [0.15, 0.2) is 0 Å². The van der Waals surface area contributed by atoms with Crippen molar-refractivity contribution in [1.82, 2.24) is 15.0 Å². The van der Waals surface area contributed by atoms with Gasteiger partial charge in [0, 0.05) is 6.04 Å². The van der Waals surface area contributed by atoms with Crippen LogP contribution in [-0.2, 0) is 0 Å². The molecule has 0 aliphatic heterocycles. The number of nitrogens with zero attached hydrogens (tertiary/aromatic N) is 3. The molecular formula is C8H13N5O2. The van der Waals surface area contributed by atoms with Crippen LogP contribution in [0.25, 0.3) is 0 Å². The quantitative estimate of drug-likeness (QED) is 0.612. The van der Waals surface area contributed by atoms with Crippen molar-refractivity contribution < 1.29 is 9.84 Å². The van der Waals surface area contributed by atoms with Crippen LogP contribution in [0.5, 0.6) is 6.01 Å². The molecule has 82 valence electrons. The molecule has 0 radical (unpaired) electrons. The fraction of sp³-hybridized carbons (Fsp3) is 0.625. The van der Waals surface area contributed by atoms with Gasteiger partial charge >= 0.3 is 6.01 Å². The molecule has 7 nitrogen and oxygen atoms in total. The number of methoxy groups -OCH3 is 1. The van der Waals surface area contributed by atoms with E-state index in [2.05, 4.69) is 20.3 Å². The molecule has 0 spiro atoms. The van der Waals surface area contributed by atoms with E-state index in [1.165, 1.54) is 7.11 Å². The SMILES string of the molecule is COc1nc(N)nc(NC2CC(O)C2)n1. The zero-order valence-electron chi connectivity index (χ0n) is 8.34. The van der Waals surface area contributed by atoms with Gasteiger partial charge in [-0.1, -0.05) is 0 Å². The Morgan fingerprint density at radius 3 is 2.73 bits per heavy atom. The highest BCUT2D eigenvalue weighted by Gasteiger charge is 2.27. The minimum absolute atomic E-state index is 0.115. The van der Waals surface area contributed by atoms with Gasteiger partial charge in [0.25, 0.3) is 0 Å². The normalized spacial score (nSPS) is 24.4. The number of rotatable bonds is 3. The van der Waals surface area contributed by atoms with Crippen molar-refractivity contribution in [2.75, 3.05) is 18.2 Å². The van der Waals surface area contributed by atoms with E-state index >= 15 is 0 Å². The second kappa shape index (κ2) is 3.85. The summed E-state index contributed by atoms with van der Waals surface area (Å²) in [5.41, 5.74) is 5.47. The second-order valence-electron chi connectivity index (χ2n) is 3.47. The fourth-order valence-electron chi connectivity index (χ4n) is 1.42. The van der Waals surface area contributed by atoms with Gasteiger partial charge in [-0.05, 0) is 12.8 Å². The third kappa shape index (κ3) is 2.24. The lowest BCUT2D eigenvalue weighted by atomic mass is 9.90. The van der Waals surface area contributed by atoms with Crippen molar-refractivity contribution in [1.29, 1.82) is 0 Å². The van der Waals surface area contributed by atoms with Gasteiger partial charge in [0.05, 0.1) is 13.2 Å². The second-order valence-corrected chi connectivity index (χ2v) is 3.47. The smallest absolute Gasteiger partial charge is 0.322 e.